The van der Waals surface area contributed by atoms with Crippen molar-refractivity contribution in [3.63, 3.8) is 0 Å². The van der Waals surface area contributed by atoms with Gasteiger partial charge in [-0.25, -0.2) is 9.59 Å². The summed E-state index contributed by atoms with van der Waals surface area (Å²) in [7, 11) is 1.22. The van der Waals surface area contributed by atoms with Crippen molar-refractivity contribution >= 4 is 29.7 Å². The molecule has 1 heterocycles. The molecule has 1 saturated heterocycles. The topological polar surface area (TPSA) is 234 Å². The van der Waals surface area contributed by atoms with Crippen molar-refractivity contribution in [2.45, 2.75) is 45.9 Å². The predicted octanol–water partition coefficient (Wildman–Crippen LogP) is 3.25. The largest absolute Gasteiger partial charge is 0.514 e. The normalized spacial score (nSPS) is 18.3. The SMILES string of the molecule is C#CCOCCOCCOCCOCCOCCOCCNC(=O)c1cc(COC(=O)Oc2ccc([N+](=O)[O-])cc2)ccc1O[C@@H]1O[C@H](C(=O)OC)[C@@H](C)[C@H](C)[C@H]1OC(C)=O. The minimum atomic E-state index is -1.33. The molecule has 0 radical (unpaired) electrons. The van der Waals surface area contributed by atoms with Gasteiger partial charge in [0.25, 0.3) is 11.6 Å². The highest BCUT2D eigenvalue weighted by atomic mass is 16.7. The maximum absolute atomic E-state index is 13.6. The number of benzene rings is 2. The zero-order valence-corrected chi connectivity index (χ0v) is 34.7. The van der Waals surface area contributed by atoms with E-state index < -0.39 is 59.3 Å². The fourth-order valence-electron chi connectivity index (χ4n) is 5.54. The van der Waals surface area contributed by atoms with Gasteiger partial charge in [0.05, 0.1) is 90.3 Å². The van der Waals surface area contributed by atoms with E-state index in [9.17, 15) is 29.3 Å². The molecular formula is C41H54N2O18. The molecule has 5 atom stereocenters. The lowest BCUT2D eigenvalue weighted by molar-refractivity contribution is -0.384. The van der Waals surface area contributed by atoms with Crippen LogP contribution < -0.4 is 14.8 Å². The van der Waals surface area contributed by atoms with E-state index in [-0.39, 0.29) is 62.3 Å². The van der Waals surface area contributed by atoms with Crippen molar-refractivity contribution in [3.05, 3.63) is 63.7 Å². The van der Waals surface area contributed by atoms with Crippen LogP contribution in [-0.2, 0) is 63.6 Å². The number of amides is 1. The highest BCUT2D eigenvalue weighted by molar-refractivity contribution is 5.97. The lowest BCUT2D eigenvalue weighted by Crippen LogP contribution is -2.55. The van der Waals surface area contributed by atoms with Crippen LogP contribution in [0.25, 0.3) is 0 Å². The van der Waals surface area contributed by atoms with Crippen molar-refractivity contribution < 1.29 is 80.9 Å². The number of ether oxygens (including phenoxy) is 12. The number of carbonyl (C=O) groups excluding carboxylic acids is 4. The van der Waals surface area contributed by atoms with Crippen molar-refractivity contribution in [1.82, 2.24) is 5.32 Å². The van der Waals surface area contributed by atoms with Gasteiger partial charge in [-0.05, 0) is 35.7 Å². The Balaban J connectivity index is 1.52. The van der Waals surface area contributed by atoms with Gasteiger partial charge in [-0.1, -0.05) is 25.8 Å². The number of hydrogen-bond acceptors (Lipinski definition) is 18. The Labute approximate surface area is 353 Å². The number of nitro groups is 1. The number of carbonyl (C=O) groups is 4. The number of hydrogen-bond donors (Lipinski definition) is 1. The average Bonchev–Trinajstić information content (AvgIpc) is 3.24. The molecule has 1 aliphatic heterocycles. The van der Waals surface area contributed by atoms with E-state index in [1.807, 2.05) is 0 Å². The number of esters is 2. The van der Waals surface area contributed by atoms with Crippen molar-refractivity contribution in [2.75, 3.05) is 92.9 Å². The molecule has 0 unspecified atom stereocenters. The number of rotatable bonds is 28. The van der Waals surface area contributed by atoms with Crippen LogP contribution in [0, 0.1) is 34.3 Å². The molecule has 336 valence electrons. The summed E-state index contributed by atoms with van der Waals surface area (Å²) >= 11 is 0. The predicted molar refractivity (Wildman–Crippen MR) is 212 cm³/mol. The van der Waals surface area contributed by atoms with E-state index in [1.54, 1.807) is 13.8 Å². The smallest absolute Gasteiger partial charge is 0.467 e. The minimum absolute atomic E-state index is 0.00211. The van der Waals surface area contributed by atoms with Gasteiger partial charge in [0.2, 0.25) is 6.29 Å². The Kier molecular flexibility index (Phi) is 23.1. The van der Waals surface area contributed by atoms with Gasteiger partial charge in [0.15, 0.2) is 12.2 Å². The maximum atomic E-state index is 13.6. The summed E-state index contributed by atoms with van der Waals surface area (Å²) in [5.74, 6) is -0.333. The molecule has 20 nitrogen and oxygen atoms in total. The first kappa shape index (κ1) is 50.0. The van der Waals surface area contributed by atoms with Crippen LogP contribution in [0.2, 0.25) is 0 Å². The van der Waals surface area contributed by atoms with Gasteiger partial charge < -0.3 is 62.2 Å². The molecule has 1 N–H and O–H groups in total. The summed E-state index contributed by atoms with van der Waals surface area (Å²) in [6.45, 7) is 8.70. The van der Waals surface area contributed by atoms with E-state index in [4.69, 9.17) is 63.3 Å². The quantitative estimate of drug-likeness (QED) is 0.0246. The lowest BCUT2D eigenvalue weighted by atomic mass is 9.83. The van der Waals surface area contributed by atoms with Gasteiger partial charge in [-0.3, -0.25) is 19.7 Å². The fraction of sp³-hybridized carbons (Fsp3) is 0.561. The Morgan fingerprint density at radius 3 is 1.93 bits per heavy atom. The molecular weight excluding hydrogens is 808 g/mol. The summed E-state index contributed by atoms with van der Waals surface area (Å²) in [5, 5.41) is 13.7. The Morgan fingerprint density at radius 2 is 1.39 bits per heavy atom. The number of non-ortho nitro benzene ring substituents is 1. The second kappa shape index (κ2) is 28.2. The number of methoxy groups -OCH3 is 1. The molecule has 0 saturated carbocycles. The van der Waals surface area contributed by atoms with E-state index in [0.29, 0.717) is 58.4 Å². The number of nitro benzene ring substituents is 1. The fourth-order valence-corrected chi connectivity index (χ4v) is 5.54. The minimum Gasteiger partial charge on any atom is -0.467 e. The molecule has 1 amide bonds. The summed E-state index contributed by atoms with van der Waals surface area (Å²) < 4.78 is 65.4. The van der Waals surface area contributed by atoms with E-state index in [0.717, 1.165) is 0 Å². The maximum Gasteiger partial charge on any atom is 0.514 e. The molecule has 0 aliphatic carbocycles. The van der Waals surface area contributed by atoms with Gasteiger partial charge >= 0.3 is 18.1 Å². The van der Waals surface area contributed by atoms with Crippen molar-refractivity contribution in [2.24, 2.45) is 11.8 Å². The van der Waals surface area contributed by atoms with Crippen LogP contribution in [0.1, 0.15) is 36.7 Å². The van der Waals surface area contributed by atoms with Gasteiger partial charge in [0.1, 0.15) is 24.7 Å². The van der Waals surface area contributed by atoms with Crippen LogP contribution in [0.15, 0.2) is 42.5 Å². The Hall–Kier alpha value is -5.40. The van der Waals surface area contributed by atoms with Gasteiger partial charge in [-0.15, -0.1) is 6.42 Å². The van der Waals surface area contributed by atoms with Crippen molar-refractivity contribution in [1.29, 1.82) is 0 Å². The molecule has 2 aromatic rings. The molecule has 0 aromatic heterocycles. The molecule has 1 aliphatic rings. The molecule has 1 fully saturated rings. The van der Waals surface area contributed by atoms with Gasteiger partial charge in [0, 0.05) is 31.5 Å². The lowest BCUT2D eigenvalue weighted by Gasteiger charge is -2.42. The summed E-state index contributed by atoms with van der Waals surface area (Å²) in [6, 6.07) is 9.18. The zero-order chi connectivity index (χ0) is 44.4. The highest BCUT2D eigenvalue weighted by Crippen LogP contribution is 2.35. The van der Waals surface area contributed by atoms with Gasteiger partial charge in [-0.2, -0.15) is 0 Å². The van der Waals surface area contributed by atoms with E-state index in [1.165, 1.54) is 56.5 Å². The molecule has 3 rings (SSSR count). The first-order chi connectivity index (χ1) is 29.4. The summed E-state index contributed by atoms with van der Waals surface area (Å²) in [4.78, 5) is 61.1. The monoisotopic (exact) mass is 862 g/mol. The standard InChI is InChI=1S/C41H54N2O18/c1-6-14-51-16-18-53-20-22-55-24-25-56-23-21-54-19-17-52-15-13-42-38(45)34-26-31(27-57-41(47)59-33-10-8-32(9-11-33)43(48)49)7-12-35(34)60-40-37(58-30(4)44)29(3)28(2)36(61-40)39(46)50-5/h1,7-12,26,28-29,36-37,40H,13-25,27H2,2-5H3,(H,42,45)/t28-,29-,36-,37+,40+/m0/s1. The van der Waals surface area contributed by atoms with E-state index in [2.05, 4.69) is 11.2 Å². The van der Waals surface area contributed by atoms with Crippen LogP contribution in [0.4, 0.5) is 10.5 Å². The molecule has 2 aromatic carbocycles. The second-order valence-electron chi connectivity index (χ2n) is 13.2. The third-order valence-corrected chi connectivity index (χ3v) is 8.82. The van der Waals surface area contributed by atoms with Crippen molar-refractivity contribution in [3.8, 4) is 23.8 Å². The van der Waals surface area contributed by atoms with Crippen LogP contribution in [0.5, 0.6) is 11.5 Å². The number of nitrogens with zero attached hydrogens (tertiary/aromatic N) is 1. The highest BCUT2D eigenvalue weighted by Gasteiger charge is 2.48. The van der Waals surface area contributed by atoms with Crippen LogP contribution in [0.3, 0.4) is 0 Å². The third kappa shape index (κ3) is 18.4. The zero-order valence-electron chi connectivity index (χ0n) is 34.7. The molecule has 0 spiro atoms. The first-order valence-corrected chi connectivity index (χ1v) is 19.4. The molecule has 61 heavy (non-hydrogen) atoms. The van der Waals surface area contributed by atoms with Crippen LogP contribution >= 0.6 is 0 Å². The number of nitrogens with one attached hydrogen (secondary N) is 1. The summed E-state index contributed by atoms with van der Waals surface area (Å²) in [5.41, 5.74) is 0.148. The summed E-state index contributed by atoms with van der Waals surface area (Å²) in [6.07, 6.45) is 0.635. The Morgan fingerprint density at radius 1 is 0.820 bits per heavy atom. The Bertz CT molecular complexity index is 1720. The average molecular weight is 863 g/mol. The second-order valence-corrected chi connectivity index (χ2v) is 13.2. The first-order valence-electron chi connectivity index (χ1n) is 19.4. The molecule has 20 heteroatoms. The number of terminal acetylenes is 1. The van der Waals surface area contributed by atoms with E-state index >= 15 is 0 Å². The van der Waals surface area contributed by atoms with Crippen LogP contribution in [-0.4, -0.2) is 140 Å². The third-order valence-electron chi connectivity index (χ3n) is 8.82. The molecule has 0 bridgehead atoms.